The summed E-state index contributed by atoms with van der Waals surface area (Å²) < 4.78 is 5.07. The van der Waals surface area contributed by atoms with Crippen molar-refractivity contribution in [1.29, 1.82) is 0 Å². The lowest BCUT2D eigenvalue weighted by atomic mass is 10.0. The molecular weight excluding hydrogens is 406 g/mol. The number of benzene rings is 2. The second-order valence-electron chi connectivity index (χ2n) is 7.56. The van der Waals surface area contributed by atoms with E-state index in [1.54, 1.807) is 48.5 Å². The van der Waals surface area contributed by atoms with Gasteiger partial charge in [0.25, 0.3) is 18.3 Å². The van der Waals surface area contributed by atoms with E-state index in [4.69, 9.17) is 4.74 Å². The molecule has 6 heteroatoms. The van der Waals surface area contributed by atoms with Gasteiger partial charge >= 0.3 is 0 Å². The monoisotopic (exact) mass is 431 g/mol. The van der Waals surface area contributed by atoms with Crippen molar-refractivity contribution in [2.75, 3.05) is 6.54 Å². The molecule has 0 aliphatic carbocycles. The van der Waals surface area contributed by atoms with E-state index in [1.165, 1.54) is 0 Å². The molecular formula is C26H25NO5. The van der Waals surface area contributed by atoms with Gasteiger partial charge in [-0.25, -0.2) is 0 Å². The molecule has 1 atom stereocenters. The van der Waals surface area contributed by atoms with Gasteiger partial charge in [-0.1, -0.05) is 49.5 Å². The van der Waals surface area contributed by atoms with Crippen LogP contribution in [0, 0.1) is 11.8 Å². The highest BCUT2D eigenvalue weighted by Crippen LogP contribution is 2.23. The van der Waals surface area contributed by atoms with Gasteiger partial charge in [-0.3, -0.25) is 24.1 Å². The van der Waals surface area contributed by atoms with Crippen molar-refractivity contribution in [3.05, 3.63) is 70.8 Å². The minimum Gasteiger partial charge on any atom is -0.464 e. The summed E-state index contributed by atoms with van der Waals surface area (Å²) in [4.78, 5) is 49.7. The normalized spacial score (nSPS) is 13.2. The highest BCUT2D eigenvalue weighted by Gasteiger charge is 2.35. The maximum absolute atomic E-state index is 12.7. The quantitative estimate of drug-likeness (QED) is 0.187. The molecule has 0 radical (unpaired) electrons. The summed E-state index contributed by atoms with van der Waals surface area (Å²) in [7, 11) is 0. The van der Waals surface area contributed by atoms with Crippen LogP contribution in [-0.2, 0) is 9.53 Å². The van der Waals surface area contributed by atoms with Crippen molar-refractivity contribution in [2.24, 2.45) is 0 Å². The average Bonchev–Trinajstić information content (AvgIpc) is 3.05. The fraction of sp³-hybridized carbons (Fsp3) is 0.308. The topological polar surface area (TPSA) is 80.8 Å². The number of unbranched alkanes of at least 4 members (excludes halogenated alkanes) is 2. The van der Waals surface area contributed by atoms with Gasteiger partial charge in [0.15, 0.2) is 5.78 Å². The molecule has 2 amide bonds. The maximum Gasteiger partial charge on any atom is 0.293 e. The Kier molecular flexibility index (Phi) is 7.93. The number of rotatable bonds is 10. The van der Waals surface area contributed by atoms with E-state index in [9.17, 15) is 19.2 Å². The summed E-state index contributed by atoms with van der Waals surface area (Å²) in [5.74, 6) is 5.23. The first-order chi connectivity index (χ1) is 15.5. The van der Waals surface area contributed by atoms with Gasteiger partial charge in [0, 0.05) is 36.9 Å². The molecule has 3 rings (SSSR count). The third kappa shape index (κ3) is 5.50. The lowest BCUT2D eigenvalue weighted by Gasteiger charge is -2.19. The Morgan fingerprint density at radius 1 is 1.06 bits per heavy atom. The van der Waals surface area contributed by atoms with Crippen molar-refractivity contribution < 1.29 is 23.9 Å². The van der Waals surface area contributed by atoms with E-state index >= 15 is 0 Å². The molecule has 0 N–H and O–H groups in total. The average molecular weight is 431 g/mol. The zero-order chi connectivity index (χ0) is 22.9. The lowest BCUT2D eigenvalue weighted by molar-refractivity contribution is -0.133. The van der Waals surface area contributed by atoms with Crippen LogP contribution in [0.15, 0.2) is 48.5 Å². The highest BCUT2D eigenvalue weighted by molar-refractivity contribution is 6.21. The number of ketones is 1. The summed E-state index contributed by atoms with van der Waals surface area (Å²) in [6, 6.07) is 13.6. The fourth-order valence-electron chi connectivity index (χ4n) is 3.51. The van der Waals surface area contributed by atoms with E-state index in [1.807, 2.05) is 0 Å². The van der Waals surface area contributed by atoms with Crippen LogP contribution in [0.25, 0.3) is 0 Å². The Balaban J connectivity index is 1.59. The minimum atomic E-state index is -0.738. The molecule has 0 saturated heterocycles. The largest absolute Gasteiger partial charge is 0.464 e. The number of amides is 2. The molecule has 1 aliphatic heterocycles. The summed E-state index contributed by atoms with van der Waals surface area (Å²) in [6.07, 6.45) is 2.40. The standard InChI is InChI=1S/C26H25NO5/c1-2-3-4-5-8-19-11-13-20(14-12-19)24(29)17-21(32-18-28)15-16-27-25(30)22-9-6-7-10-23(22)26(27)31/h6-7,9-14,18,21H,2-4,15-17H2,1H3/t21-/m0/s1. The number of nitrogens with zero attached hydrogens (tertiary/aromatic N) is 1. The van der Waals surface area contributed by atoms with Crippen LogP contribution in [0.2, 0.25) is 0 Å². The fourth-order valence-corrected chi connectivity index (χ4v) is 3.51. The SMILES string of the molecule is CCCCC#Cc1ccc(C(=O)C[C@H](CCN2C(=O)c3ccccc3C2=O)OC=O)cc1. The van der Waals surface area contributed by atoms with Gasteiger partial charge in [-0.2, -0.15) is 0 Å². The predicted octanol–water partition coefficient (Wildman–Crippen LogP) is 4.03. The molecule has 6 nitrogen and oxygen atoms in total. The number of Topliss-reactive ketones (excluding diaryl/α,β-unsaturated/α-hetero) is 1. The first kappa shape index (κ1) is 23.0. The third-order valence-electron chi connectivity index (χ3n) is 5.31. The van der Waals surface area contributed by atoms with Crippen LogP contribution in [0.5, 0.6) is 0 Å². The Morgan fingerprint density at radius 3 is 2.31 bits per heavy atom. The Labute approximate surface area is 187 Å². The van der Waals surface area contributed by atoms with E-state index in [0.717, 1.165) is 29.7 Å². The second kappa shape index (κ2) is 11.1. The third-order valence-corrected chi connectivity index (χ3v) is 5.31. The molecule has 0 fully saturated rings. The molecule has 0 saturated carbocycles. The predicted molar refractivity (Wildman–Crippen MR) is 119 cm³/mol. The van der Waals surface area contributed by atoms with Crippen LogP contribution in [0.3, 0.4) is 0 Å². The molecule has 1 heterocycles. The summed E-state index contributed by atoms with van der Waals surface area (Å²) in [6.45, 7) is 2.46. The Morgan fingerprint density at radius 2 is 1.72 bits per heavy atom. The van der Waals surface area contributed by atoms with Gasteiger partial charge in [0.2, 0.25) is 0 Å². The Hall–Kier alpha value is -3.72. The lowest BCUT2D eigenvalue weighted by Crippen LogP contribution is -2.33. The first-order valence-corrected chi connectivity index (χ1v) is 10.7. The van der Waals surface area contributed by atoms with E-state index in [0.29, 0.717) is 16.7 Å². The molecule has 0 aromatic heterocycles. The smallest absolute Gasteiger partial charge is 0.293 e. The van der Waals surface area contributed by atoms with E-state index in [2.05, 4.69) is 18.8 Å². The van der Waals surface area contributed by atoms with Crippen molar-refractivity contribution >= 4 is 24.1 Å². The van der Waals surface area contributed by atoms with Gasteiger partial charge < -0.3 is 4.74 Å². The number of hydrogen-bond acceptors (Lipinski definition) is 5. The van der Waals surface area contributed by atoms with Crippen molar-refractivity contribution in [3.8, 4) is 11.8 Å². The van der Waals surface area contributed by atoms with Crippen molar-refractivity contribution in [3.63, 3.8) is 0 Å². The molecule has 32 heavy (non-hydrogen) atoms. The number of ether oxygens (including phenoxy) is 1. The Bertz CT molecular complexity index is 1030. The van der Waals surface area contributed by atoms with Crippen LogP contribution in [-0.4, -0.2) is 41.6 Å². The van der Waals surface area contributed by atoms with Crippen LogP contribution in [0.4, 0.5) is 0 Å². The summed E-state index contributed by atoms with van der Waals surface area (Å²) in [5, 5.41) is 0. The molecule has 0 bridgehead atoms. The van der Waals surface area contributed by atoms with Gasteiger partial charge in [-0.15, -0.1) is 0 Å². The number of fused-ring (bicyclic) bond motifs is 1. The number of hydrogen-bond donors (Lipinski definition) is 0. The molecule has 164 valence electrons. The summed E-state index contributed by atoms with van der Waals surface area (Å²) >= 11 is 0. The number of carbonyl (C=O) groups excluding carboxylic acids is 4. The van der Waals surface area contributed by atoms with Crippen molar-refractivity contribution in [2.45, 2.75) is 45.1 Å². The molecule has 0 unspecified atom stereocenters. The van der Waals surface area contributed by atoms with Gasteiger partial charge in [-0.05, 0) is 30.7 Å². The van der Waals surface area contributed by atoms with Gasteiger partial charge in [0.05, 0.1) is 11.1 Å². The second-order valence-corrected chi connectivity index (χ2v) is 7.56. The molecule has 2 aromatic carbocycles. The van der Waals surface area contributed by atoms with Gasteiger partial charge in [0.1, 0.15) is 6.10 Å². The van der Waals surface area contributed by atoms with E-state index in [-0.39, 0.29) is 43.5 Å². The maximum atomic E-state index is 12.7. The number of imide groups is 1. The zero-order valence-electron chi connectivity index (χ0n) is 18.0. The number of carbonyl (C=O) groups is 4. The highest BCUT2D eigenvalue weighted by atomic mass is 16.5. The van der Waals surface area contributed by atoms with Crippen LogP contribution in [0.1, 0.15) is 75.7 Å². The summed E-state index contributed by atoms with van der Waals surface area (Å²) in [5.41, 5.74) is 2.05. The molecule has 2 aromatic rings. The first-order valence-electron chi connectivity index (χ1n) is 10.7. The zero-order valence-corrected chi connectivity index (χ0v) is 18.0. The molecule has 1 aliphatic rings. The van der Waals surface area contributed by atoms with E-state index < -0.39 is 6.10 Å². The van der Waals surface area contributed by atoms with Crippen LogP contribution < -0.4 is 0 Å². The minimum absolute atomic E-state index is 0.0383. The van der Waals surface area contributed by atoms with Crippen LogP contribution >= 0.6 is 0 Å². The van der Waals surface area contributed by atoms with Crippen molar-refractivity contribution in [1.82, 2.24) is 4.90 Å². The molecule has 0 spiro atoms.